The molecule has 0 atom stereocenters. The Kier molecular flexibility index (Phi) is 4.47. The molecule has 0 amide bonds. The highest BCUT2D eigenvalue weighted by molar-refractivity contribution is 5.75. The normalized spacial score (nSPS) is 14.0. The minimum absolute atomic E-state index is 1.18. The lowest BCUT2D eigenvalue weighted by Crippen LogP contribution is -2.50. The zero-order valence-electron chi connectivity index (χ0n) is 9.37. The van der Waals surface area contributed by atoms with Gasteiger partial charge in [-0.15, -0.1) is 0 Å². The average Bonchev–Trinajstić information content (AvgIpc) is 2.12. The third-order valence-electron chi connectivity index (χ3n) is 1.76. The van der Waals surface area contributed by atoms with Crippen LogP contribution in [0.2, 0.25) is 0 Å². The van der Waals surface area contributed by atoms with Crippen LogP contribution in [0.15, 0.2) is 0 Å². The molecule has 0 saturated carbocycles. The predicted molar refractivity (Wildman–Crippen MR) is 46.3 cm³/mol. The molecule has 0 fully saturated rings. The van der Waals surface area contributed by atoms with Gasteiger partial charge >= 0.3 is 24.2 Å². The van der Waals surface area contributed by atoms with E-state index in [-0.39, 0.29) is 0 Å². The van der Waals surface area contributed by atoms with E-state index in [1.165, 1.54) is 20.8 Å². The van der Waals surface area contributed by atoms with Crippen molar-refractivity contribution in [3.05, 3.63) is 0 Å². The molecule has 2 nitrogen and oxygen atoms in total. The quantitative estimate of drug-likeness (QED) is 0.577. The van der Waals surface area contributed by atoms with Gasteiger partial charge in [0.15, 0.2) is 6.61 Å². The summed E-state index contributed by atoms with van der Waals surface area (Å²) < 4.78 is 77.4. The summed E-state index contributed by atoms with van der Waals surface area (Å²) in [5, 5.41) is 0. The minimum Gasteiger partial charge on any atom is -0.459 e. The molecule has 0 aliphatic carbocycles. The van der Waals surface area contributed by atoms with Gasteiger partial charge in [0, 0.05) is 0 Å². The van der Waals surface area contributed by atoms with Crippen LogP contribution in [-0.4, -0.2) is 30.8 Å². The molecule has 0 aromatic rings. The highest BCUT2D eigenvalue weighted by Crippen LogP contribution is 2.39. The average molecular weight is 266 g/mol. The van der Waals surface area contributed by atoms with Gasteiger partial charge < -0.3 is 4.74 Å². The summed E-state index contributed by atoms with van der Waals surface area (Å²) in [6, 6.07) is 0. The van der Waals surface area contributed by atoms with Gasteiger partial charge in [0.05, 0.1) is 5.41 Å². The minimum atomic E-state index is -5.54. The SMILES string of the molecule is CC(C)(C)C(=O)OCC(F)(F)C(F)(F)C(F)F. The van der Waals surface area contributed by atoms with Crippen LogP contribution < -0.4 is 0 Å². The van der Waals surface area contributed by atoms with E-state index in [4.69, 9.17) is 0 Å². The van der Waals surface area contributed by atoms with E-state index in [1.807, 2.05) is 0 Å². The van der Waals surface area contributed by atoms with Crippen LogP contribution in [0.1, 0.15) is 20.8 Å². The van der Waals surface area contributed by atoms with E-state index in [0.717, 1.165) is 0 Å². The molecule has 0 rings (SSSR count). The summed E-state index contributed by atoms with van der Waals surface area (Å²) in [4.78, 5) is 11.0. The summed E-state index contributed by atoms with van der Waals surface area (Å²) in [5.74, 6) is -11.8. The van der Waals surface area contributed by atoms with Gasteiger partial charge in [-0.2, -0.15) is 17.6 Å². The van der Waals surface area contributed by atoms with Crippen molar-refractivity contribution in [2.45, 2.75) is 39.0 Å². The molecule has 0 aromatic carbocycles. The van der Waals surface area contributed by atoms with Gasteiger partial charge in [0.1, 0.15) is 0 Å². The highest BCUT2D eigenvalue weighted by Gasteiger charge is 2.63. The van der Waals surface area contributed by atoms with Crippen molar-refractivity contribution >= 4 is 5.97 Å². The van der Waals surface area contributed by atoms with Crippen molar-refractivity contribution in [2.75, 3.05) is 6.61 Å². The molecule has 0 aliphatic heterocycles. The summed E-state index contributed by atoms with van der Waals surface area (Å²) in [7, 11) is 0. The van der Waals surface area contributed by atoms with Crippen LogP contribution in [0.3, 0.4) is 0 Å². The summed E-state index contributed by atoms with van der Waals surface area (Å²) in [6.07, 6.45) is -4.54. The Hall–Kier alpha value is -0.950. The van der Waals surface area contributed by atoms with Gasteiger partial charge in [0.2, 0.25) is 0 Å². The maximum absolute atomic E-state index is 12.7. The van der Waals surface area contributed by atoms with Gasteiger partial charge in [-0.3, -0.25) is 4.79 Å². The number of hydrogen-bond donors (Lipinski definition) is 0. The second-order valence-corrected chi connectivity index (χ2v) is 4.45. The molecular formula is C9H12F6O2. The maximum atomic E-state index is 12.7. The molecule has 0 aliphatic rings. The lowest BCUT2D eigenvalue weighted by atomic mass is 9.97. The summed E-state index contributed by atoms with van der Waals surface area (Å²) in [6.45, 7) is 1.83. The van der Waals surface area contributed by atoms with E-state index in [2.05, 4.69) is 4.74 Å². The Morgan fingerprint density at radius 2 is 1.53 bits per heavy atom. The smallest absolute Gasteiger partial charge is 0.372 e. The van der Waals surface area contributed by atoms with Crippen molar-refractivity contribution in [1.29, 1.82) is 0 Å². The van der Waals surface area contributed by atoms with E-state index in [1.54, 1.807) is 0 Å². The van der Waals surface area contributed by atoms with Crippen molar-refractivity contribution in [2.24, 2.45) is 5.41 Å². The van der Waals surface area contributed by atoms with Crippen LogP contribution >= 0.6 is 0 Å². The Balaban J connectivity index is 4.64. The Morgan fingerprint density at radius 3 is 1.82 bits per heavy atom. The number of halogens is 6. The number of ether oxygens (including phenoxy) is 1. The van der Waals surface area contributed by atoms with Crippen LogP contribution in [-0.2, 0) is 9.53 Å². The molecule has 102 valence electrons. The fourth-order valence-electron chi connectivity index (χ4n) is 0.629. The molecule has 0 heterocycles. The van der Waals surface area contributed by atoms with E-state index in [0.29, 0.717) is 0 Å². The summed E-state index contributed by atoms with van der Waals surface area (Å²) in [5.41, 5.74) is -1.18. The van der Waals surface area contributed by atoms with Crippen LogP contribution in [0.4, 0.5) is 26.3 Å². The molecular weight excluding hydrogens is 254 g/mol. The largest absolute Gasteiger partial charge is 0.459 e. The van der Waals surface area contributed by atoms with E-state index in [9.17, 15) is 31.1 Å². The van der Waals surface area contributed by atoms with Gasteiger partial charge in [-0.25, -0.2) is 8.78 Å². The Morgan fingerprint density at radius 1 is 1.12 bits per heavy atom. The molecule has 17 heavy (non-hydrogen) atoms. The monoisotopic (exact) mass is 266 g/mol. The molecule has 0 saturated heterocycles. The fraction of sp³-hybridized carbons (Fsp3) is 0.889. The molecule has 0 radical (unpaired) electrons. The molecule has 0 unspecified atom stereocenters. The summed E-state index contributed by atoms with van der Waals surface area (Å²) >= 11 is 0. The molecule has 0 bridgehead atoms. The lowest BCUT2D eigenvalue weighted by molar-refractivity contribution is -0.277. The van der Waals surface area contributed by atoms with Crippen molar-refractivity contribution in [3.8, 4) is 0 Å². The molecule has 8 heteroatoms. The number of carbonyl (C=O) groups is 1. The number of alkyl halides is 6. The molecule has 0 spiro atoms. The second-order valence-electron chi connectivity index (χ2n) is 4.45. The zero-order chi connectivity index (χ0) is 14.1. The predicted octanol–water partition coefficient (Wildman–Crippen LogP) is 3.11. The van der Waals surface area contributed by atoms with Crippen LogP contribution in [0.25, 0.3) is 0 Å². The van der Waals surface area contributed by atoms with Crippen molar-refractivity contribution in [1.82, 2.24) is 0 Å². The van der Waals surface area contributed by atoms with Gasteiger partial charge in [-0.05, 0) is 20.8 Å². The standard InChI is InChI=1S/C9H12F6O2/c1-7(2,3)6(16)17-4-8(12,13)9(14,15)5(10)11/h5H,4H2,1-3H3. The number of esters is 1. The third kappa shape index (κ3) is 3.78. The first-order valence-corrected chi connectivity index (χ1v) is 4.53. The Bertz CT molecular complexity index is 282. The van der Waals surface area contributed by atoms with Crippen molar-refractivity contribution in [3.63, 3.8) is 0 Å². The third-order valence-corrected chi connectivity index (χ3v) is 1.76. The van der Waals surface area contributed by atoms with Crippen molar-refractivity contribution < 1.29 is 35.9 Å². The number of carbonyl (C=O) groups excluding carboxylic acids is 1. The highest BCUT2D eigenvalue weighted by atomic mass is 19.3. The molecule has 0 aromatic heterocycles. The number of rotatable bonds is 4. The first-order valence-electron chi connectivity index (χ1n) is 4.53. The Labute approximate surface area is 93.9 Å². The fourth-order valence-corrected chi connectivity index (χ4v) is 0.629. The second kappa shape index (κ2) is 4.73. The first kappa shape index (κ1) is 16.1. The van der Waals surface area contributed by atoms with Gasteiger partial charge in [-0.1, -0.05) is 0 Å². The van der Waals surface area contributed by atoms with E-state index < -0.39 is 36.3 Å². The van der Waals surface area contributed by atoms with Gasteiger partial charge in [0.25, 0.3) is 0 Å². The maximum Gasteiger partial charge on any atom is 0.372 e. The zero-order valence-corrected chi connectivity index (χ0v) is 9.37. The van der Waals surface area contributed by atoms with Crippen LogP contribution in [0, 0.1) is 5.41 Å². The van der Waals surface area contributed by atoms with Crippen LogP contribution in [0.5, 0.6) is 0 Å². The lowest BCUT2D eigenvalue weighted by Gasteiger charge is -2.26. The molecule has 0 N–H and O–H groups in total. The first-order chi connectivity index (χ1) is 7.32. The van der Waals surface area contributed by atoms with E-state index >= 15 is 0 Å². The topological polar surface area (TPSA) is 26.3 Å². The number of hydrogen-bond acceptors (Lipinski definition) is 2.